The molecule has 0 spiro atoms. The molecule has 0 radical (unpaired) electrons. The van der Waals surface area contributed by atoms with E-state index in [4.69, 9.17) is 10.5 Å². The van der Waals surface area contributed by atoms with Gasteiger partial charge in [-0.05, 0) is 25.1 Å². The fraction of sp³-hybridized carbons (Fsp3) is 0.211. The lowest BCUT2D eigenvalue weighted by molar-refractivity contribution is 0.102. The summed E-state index contributed by atoms with van der Waals surface area (Å²) in [6.07, 6.45) is 3.86. The van der Waals surface area contributed by atoms with Crippen LogP contribution in [-0.2, 0) is 0 Å². The molecule has 1 amide bonds. The van der Waals surface area contributed by atoms with Crippen molar-refractivity contribution in [1.82, 2.24) is 15.3 Å². The molecule has 4 rings (SSSR count). The summed E-state index contributed by atoms with van der Waals surface area (Å²) in [6, 6.07) is 5.14. The van der Waals surface area contributed by atoms with Crippen molar-refractivity contribution >= 4 is 27.9 Å². The number of anilines is 2. The van der Waals surface area contributed by atoms with E-state index in [0.717, 1.165) is 36.4 Å². The molecule has 150 valence electrons. The summed E-state index contributed by atoms with van der Waals surface area (Å²) in [6.45, 7) is 1.58. The van der Waals surface area contributed by atoms with Crippen LogP contribution in [0.1, 0.15) is 16.9 Å². The molecular weight excluding hydrogens is 400 g/mol. The molecule has 0 unspecified atom stereocenters. The topological polar surface area (TPSA) is 102 Å². The van der Waals surface area contributed by atoms with E-state index in [1.165, 1.54) is 12.3 Å². The highest BCUT2D eigenvalue weighted by atomic mass is 32.1. The fourth-order valence-electron chi connectivity index (χ4n) is 2.97. The second-order valence-corrected chi connectivity index (χ2v) is 7.42. The van der Waals surface area contributed by atoms with Crippen LogP contribution in [0.4, 0.5) is 19.5 Å². The molecule has 29 heavy (non-hydrogen) atoms. The van der Waals surface area contributed by atoms with Crippen LogP contribution < -0.4 is 21.1 Å². The first-order chi connectivity index (χ1) is 14.0. The summed E-state index contributed by atoms with van der Waals surface area (Å²) in [5, 5.41) is 5.90. The van der Waals surface area contributed by atoms with Crippen LogP contribution in [0.3, 0.4) is 0 Å². The molecule has 0 bridgehead atoms. The zero-order valence-electron chi connectivity index (χ0n) is 15.1. The Bertz CT molecular complexity index is 1030. The maximum atomic E-state index is 14.0. The second kappa shape index (κ2) is 8.10. The van der Waals surface area contributed by atoms with Crippen molar-refractivity contribution in [3.8, 4) is 16.3 Å². The molecule has 1 aromatic carbocycles. The lowest BCUT2D eigenvalue weighted by Gasteiger charge is -2.15. The number of carbonyl (C=O) groups is 1. The molecule has 10 heteroatoms. The van der Waals surface area contributed by atoms with Crippen LogP contribution in [0.5, 0.6) is 5.75 Å². The summed E-state index contributed by atoms with van der Waals surface area (Å²) >= 11 is 0.836. The van der Waals surface area contributed by atoms with Gasteiger partial charge in [0, 0.05) is 18.8 Å². The van der Waals surface area contributed by atoms with Crippen LogP contribution in [0, 0.1) is 11.6 Å². The average molecular weight is 417 g/mol. The SMILES string of the molecule is Nc1sc(-c2c(F)cccc2F)nc1C(=O)Nc1cnccc1O[C@@H]1CCNC1. The number of thiazole rings is 1. The van der Waals surface area contributed by atoms with E-state index < -0.39 is 17.5 Å². The molecule has 1 fully saturated rings. The van der Waals surface area contributed by atoms with E-state index in [2.05, 4.69) is 20.6 Å². The average Bonchev–Trinajstić information content (AvgIpc) is 3.33. The molecule has 0 saturated carbocycles. The lowest BCUT2D eigenvalue weighted by Crippen LogP contribution is -2.21. The summed E-state index contributed by atoms with van der Waals surface area (Å²) in [7, 11) is 0. The maximum Gasteiger partial charge on any atom is 0.277 e. The summed E-state index contributed by atoms with van der Waals surface area (Å²) in [5.74, 6) is -1.71. The zero-order chi connectivity index (χ0) is 20.4. The van der Waals surface area contributed by atoms with Gasteiger partial charge in [0.15, 0.2) is 5.69 Å². The summed E-state index contributed by atoms with van der Waals surface area (Å²) in [5.41, 5.74) is 5.82. The first-order valence-corrected chi connectivity index (χ1v) is 9.68. The monoisotopic (exact) mass is 417 g/mol. The fourth-order valence-corrected chi connectivity index (χ4v) is 3.85. The minimum atomic E-state index is -0.779. The van der Waals surface area contributed by atoms with Crippen molar-refractivity contribution in [3.05, 3.63) is 54.0 Å². The Kier molecular flexibility index (Phi) is 5.36. The second-order valence-electron chi connectivity index (χ2n) is 6.39. The Morgan fingerprint density at radius 1 is 1.31 bits per heavy atom. The normalized spacial score (nSPS) is 16.0. The molecule has 7 nitrogen and oxygen atoms in total. The van der Waals surface area contributed by atoms with E-state index >= 15 is 0 Å². The predicted octanol–water partition coefficient (Wildman–Crippen LogP) is 3.06. The van der Waals surface area contributed by atoms with Crippen molar-refractivity contribution in [2.45, 2.75) is 12.5 Å². The van der Waals surface area contributed by atoms with E-state index in [-0.39, 0.29) is 27.4 Å². The van der Waals surface area contributed by atoms with Gasteiger partial charge in [0.05, 0.1) is 11.8 Å². The van der Waals surface area contributed by atoms with Gasteiger partial charge in [-0.15, -0.1) is 0 Å². The van der Waals surface area contributed by atoms with Crippen molar-refractivity contribution in [1.29, 1.82) is 0 Å². The highest BCUT2D eigenvalue weighted by Crippen LogP contribution is 2.34. The van der Waals surface area contributed by atoms with Gasteiger partial charge in [0.1, 0.15) is 39.2 Å². The van der Waals surface area contributed by atoms with Gasteiger partial charge in [0.2, 0.25) is 0 Å². The van der Waals surface area contributed by atoms with E-state index in [1.807, 2.05) is 0 Å². The number of rotatable bonds is 5. The van der Waals surface area contributed by atoms with Crippen molar-refractivity contribution in [2.24, 2.45) is 0 Å². The molecular formula is C19H17F2N5O2S. The van der Waals surface area contributed by atoms with Gasteiger partial charge in [-0.2, -0.15) is 0 Å². The number of amides is 1. The molecule has 0 aliphatic carbocycles. The zero-order valence-corrected chi connectivity index (χ0v) is 15.9. The van der Waals surface area contributed by atoms with Crippen LogP contribution in [-0.4, -0.2) is 35.1 Å². The van der Waals surface area contributed by atoms with E-state index in [1.54, 1.807) is 12.3 Å². The number of pyridine rings is 1. The van der Waals surface area contributed by atoms with Gasteiger partial charge in [0.25, 0.3) is 5.91 Å². The van der Waals surface area contributed by atoms with Crippen molar-refractivity contribution < 1.29 is 18.3 Å². The number of nitrogen functional groups attached to an aromatic ring is 1. The minimum Gasteiger partial charge on any atom is -0.487 e. The Morgan fingerprint density at radius 3 is 2.83 bits per heavy atom. The van der Waals surface area contributed by atoms with Crippen LogP contribution >= 0.6 is 11.3 Å². The third-order valence-electron chi connectivity index (χ3n) is 4.38. The number of nitrogens with zero attached hydrogens (tertiary/aromatic N) is 2. The number of halogens is 2. The molecule has 3 aromatic rings. The van der Waals surface area contributed by atoms with Gasteiger partial charge >= 0.3 is 0 Å². The molecule has 1 saturated heterocycles. The summed E-state index contributed by atoms with van der Waals surface area (Å²) < 4.78 is 34.0. The van der Waals surface area contributed by atoms with Gasteiger partial charge in [-0.3, -0.25) is 9.78 Å². The molecule has 1 aliphatic rings. The quantitative estimate of drug-likeness (QED) is 0.590. The third-order valence-corrected chi connectivity index (χ3v) is 5.29. The van der Waals surface area contributed by atoms with Crippen molar-refractivity contribution in [2.75, 3.05) is 24.1 Å². The largest absolute Gasteiger partial charge is 0.487 e. The van der Waals surface area contributed by atoms with Crippen LogP contribution in [0.2, 0.25) is 0 Å². The Balaban J connectivity index is 1.58. The standard InChI is InChI=1S/C19H17F2N5O2S/c20-11-2-1-3-12(21)15(11)19-26-16(17(22)29-19)18(27)25-13-9-24-7-5-14(13)28-10-4-6-23-8-10/h1-3,5,7,9-10,23H,4,6,8,22H2,(H,25,27)/t10-/m1/s1. The van der Waals surface area contributed by atoms with Gasteiger partial charge in [-0.1, -0.05) is 17.4 Å². The van der Waals surface area contributed by atoms with Crippen molar-refractivity contribution in [3.63, 3.8) is 0 Å². The first-order valence-electron chi connectivity index (χ1n) is 8.86. The molecule has 4 N–H and O–H groups in total. The number of carbonyl (C=O) groups excluding carboxylic acids is 1. The van der Waals surface area contributed by atoms with E-state index in [0.29, 0.717) is 18.0 Å². The van der Waals surface area contributed by atoms with E-state index in [9.17, 15) is 13.6 Å². The van der Waals surface area contributed by atoms with Crippen LogP contribution in [0.15, 0.2) is 36.7 Å². The number of nitrogens with one attached hydrogen (secondary N) is 2. The predicted molar refractivity (Wildman–Crippen MR) is 106 cm³/mol. The first kappa shape index (κ1) is 19.2. The molecule has 1 aliphatic heterocycles. The lowest BCUT2D eigenvalue weighted by atomic mass is 10.2. The number of hydrogen-bond acceptors (Lipinski definition) is 7. The highest BCUT2D eigenvalue weighted by molar-refractivity contribution is 7.19. The molecule has 3 heterocycles. The van der Waals surface area contributed by atoms with Gasteiger partial charge in [-0.25, -0.2) is 13.8 Å². The van der Waals surface area contributed by atoms with Crippen LogP contribution in [0.25, 0.3) is 10.6 Å². The number of ether oxygens (including phenoxy) is 1. The molecule has 1 atom stereocenters. The highest BCUT2D eigenvalue weighted by Gasteiger charge is 2.23. The Morgan fingerprint density at radius 2 is 2.10 bits per heavy atom. The minimum absolute atomic E-state index is 0.00646. The molecule has 2 aromatic heterocycles. The van der Waals surface area contributed by atoms with Gasteiger partial charge < -0.3 is 21.1 Å². The summed E-state index contributed by atoms with van der Waals surface area (Å²) in [4.78, 5) is 20.8. The smallest absolute Gasteiger partial charge is 0.277 e. The Hall–Kier alpha value is -3.11. The number of nitrogens with two attached hydrogens (primary N) is 1. The maximum absolute atomic E-state index is 14.0. The number of benzene rings is 1. The number of aromatic nitrogens is 2. The number of hydrogen-bond donors (Lipinski definition) is 3. The third kappa shape index (κ3) is 4.03. The Labute approximate surface area is 168 Å².